The minimum Gasteiger partial charge on any atom is -0.469 e. The lowest BCUT2D eigenvalue weighted by atomic mass is 9.87. The summed E-state index contributed by atoms with van der Waals surface area (Å²) in [4.78, 5) is 11.1. The van der Waals surface area contributed by atoms with Gasteiger partial charge in [0.05, 0.1) is 7.11 Å². The third-order valence-electron chi connectivity index (χ3n) is 4.85. The SMILES string of the molecule is COC(=O)CCCc1ccc(C(N)C2CCCCCC2)cc1. The molecule has 0 amide bonds. The van der Waals surface area contributed by atoms with Crippen LogP contribution in [0, 0.1) is 5.92 Å². The molecule has 2 N–H and O–H groups in total. The predicted octanol–water partition coefficient (Wildman–Crippen LogP) is 4.15. The van der Waals surface area contributed by atoms with Crippen LogP contribution in [0.4, 0.5) is 0 Å². The fraction of sp³-hybridized carbons (Fsp3) is 0.632. The van der Waals surface area contributed by atoms with Gasteiger partial charge in [0.2, 0.25) is 0 Å². The zero-order valence-corrected chi connectivity index (χ0v) is 13.7. The van der Waals surface area contributed by atoms with Gasteiger partial charge in [0, 0.05) is 12.5 Å². The molecule has 0 aliphatic heterocycles. The lowest BCUT2D eigenvalue weighted by Crippen LogP contribution is -2.21. The molecule has 1 fully saturated rings. The van der Waals surface area contributed by atoms with Gasteiger partial charge in [-0.15, -0.1) is 0 Å². The van der Waals surface area contributed by atoms with E-state index in [-0.39, 0.29) is 12.0 Å². The number of rotatable bonds is 6. The van der Waals surface area contributed by atoms with Gasteiger partial charge in [-0.05, 0) is 42.7 Å². The molecule has 122 valence electrons. The Morgan fingerprint density at radius 1 is 1.18 bits per heavy atom. The Morgan fingerprint density at radius 3 is 2.41 bits per heavy atom. The zero-order chi connectivity index (χ0) is 15.8. The molecule has 2 rings (SSSR count). The van der Waals surface area contributed by atoms with Crippen molar-refractivity contribution in [3.05, 3.63) is 35.4 Å². The highest BCUT2D eigenvalue weighted by molar-refractivity contribution is 5.69. The molecule has 0 radical (unpaired) electrons. The lowest BCUT2D eigenvalue weighted by molar-refractivity contribution is -0.140. The number of ether oxygens (including phenoxy) is 1. The number of hydrogen-bond acceptors (Lipinski definition) is 3. The molecule has 0 aromatic heterocycles. The number of aryl methyl sites for hydroxylation is 1. The summed E-state index contributed by atoms with van der Waals surface area (Å²) in [5.74, 6) is 0.500. The molecule has 1 aromatic rings. The predicted molar refractivity (Wildman–Crippen MR) is 89.5 cm³/mol. The van der Waals surface area contributed by atoms with Crippen LogP contribution < -0.4 is 5.73 Å². The van der Waals surface area contributed by atoms with Gasteiger partial charge in [0.15, 0.2) is 0 Å². The second-order valence-corrected chi connectivity index (χ2v) is 6.45. The van der Waals surface area contributed by atoms with Crippen molar-refractivity contribution in [1.29, 1.82) is 0 Å². The Labute approximate surface area is 134 Å². The van der Waals surface area contributed by atoms with Gasteiger partial charge in [0.25, 0.3) is 0 Å². The van der Waals surface area contributed by atoms with Crippen LogP contribution in [0.1, 0.15) is 68.5 Å². The molecule has 1 aliphatic carbocycles. The maximum absolute atomic E-state index is 11.1. The highest BCUT2D eigenvalue weighted by atomic mass is 16.5. The van der Waals surface area contributed by atoms with E-state index in [1.807, 2.05) is 0 Å². The standard InChI is InChI=1S/C19H29NO2/c1-22-18(21)10-6-7-15-11-13-17(14-12-15)19(20)16-8-4-2-3-5-9-16/h11-14,16,19H,2-10,20H2,1H3. The van der Waals surface area contributed by atoms with Crippen molar-refractivity contribution in [3.8, 4) is 0 Å². The van der Waals surface area contributed by atoms with Crippen LogP contribution in [-0.2, 0) is 16.0 Å². The summed E-state index contributed by atoms with van der Waals surface area (Å²) in [6.07, 6.45) is 10.1. The van der Waals surface area contributed by atoms with E-state index in [1.165, 1.54) is 56.8 Å². The summed E-state index contributed by atoms with van der Waals surface area (Å²) >= 11 is 0. The molecule has 0 heterocycles. The first-order valence-electron chi connectivity index (χ1n) is 8.62. The average Bonchev–Trinajstić information content (AvgIpc) is 2.84. The van der Waals surface area contributed by atoms with Crippen LogP contribution in [0.2, 0.25) is 0 Å². The second-order valence-electron chi connectivity index (χ2n) is 6.45. The van der Waals surface area contributed by atoms with Gasteiger partial charge < -0.3 is 10.5 Å². The number of carbonyl (C=O) groups is 1. The van der Waals surface area contributed by atoms with Crippen molar-refractivity contribution < 1.29 is 9.53 Å². The van der Waals surface area contributed by atoms with Crippen LogP contribution in [0.3, 0.4) is 0 Å². The Hall–Kier alpha value is -1.35. The molecule has 3 heteroatoms. The fourth-order valence-corrected chi connectivity index (χ4v) is 3.39. The second kappa shape index (κ2) is 8.94. The van der Waals surface area contributed by atoms with Crippen LogP contribution >= 0.6 is 0 Å². The number of esters is 1. The van der Waals surface area contributed by atoms with Crippen LogP contribution in [0.15, 0.2) is 24.3 Å². The summed E-state index contributed by atoms with van der Waals surface area (Å²) in [6.45, 7) is 0. The first-order chi connectivity index (χ1) is 10.7. The smallest absolute Gasteiger partial charge is 0.305 e. The van der Waals surface area contributed by atoms with Crippen molar-refractivity contribution in [3.63, 3.8) is 0 Å². The fourth-order valence-electron chi connectivity index (χ4n) is 3.39. The minimum absolute atomic E-state index is 0.132. The molecule has 0 saturated heterocycles. The van der Waals surface area contributed by atoms with Gasteiger partial charge in [-0.1, -0.05) is 49.9 Å². The number of carbonyl (C=O) groups excluding carboxylic acids is 1. The Kier molecular flexibility index (Phi) is 6.91. The van der Waals surface area contributed by atoms with E-state index >= 15 is 0 Å². The summed E-state index contributed by atoms with van der Waals surface area (Å²) < 4.78 is 4.66. The zero-order valence-electron chi connectivity index (χ0n) is 13.7. The first kappa shape index (κ1) is 17.0. The summed E-state index contributed by atoms with van der Waals surface area (Å²) in [5, 5.41) is 0. The van der Waals surface area contributed by atoms with Crippen LogP contribution in [0.25, 0.3) is 0 Å². The average molecular weight is 303 g/mol. The molecule has 1 aromatic carbocycles. The van der Waals surface area contributed by atoms with E-state index < -0.39 is 0 Å². The van der Waals surface area contributed by atoms with Gasteiger partial charge in [-0.25, -0.2) is 0 Å². The Balaban J connectivity index is 1.86. The lowest BCUT2D eigenvalue weighted by Gasteiger charge is -2.23. The van der Waals surface area contributed by atoms with Crippen molar-refractivity contribution in [2.24, 2.45) is 11.7 Å². The number of benzene rings is 1. The third kappa shape index (κ3) is 5.13. The van der Waals surface area contributed by atoms with Crippen molar-refractivity contribution >= 4 is 5.97 Å². The van der Waals surface area contributed by atoms with E-state index in [9.17, 15) is 4.79 Å². The van der Waals surface area contributed by atoms with E-state index in [4.69, 9.17) is 5.73 Å². The molecule has 0 spiro atoms. The van der Waals surface area contributed by atoms with Gasteiger partial charge >= 0.3 is 5.97 Å². The van der Waals surface area contributed by atoms with Gasteiger partial charge in [-0.3, -0.25) is 4.79 Å². The molecular weight excluding hydrogens is 274 g/mol. The van der Waals surface area contributed by atoms with Crippen molar-refractivity contribution in [2.75, 3.05) is 7.11 Å². The molecule has 1 aliphatic rings. The normalized spacial score (nSPS) is 17.7. The molecular formula is C19H29NO2. The largest absolute Gasteiger partial charge is 0.469 e. The summed E-state index contributed by atoms with van der Waals surface area (Å²) in [5.41, 5.74) is 9.00. The Bertz CT molecular complexity index is 447. The highest BCUT2D eigenvalue weighted by Crippen LogP contribution is 2.32. The van der Waals surface area contributed by atoms with E-state index in [0.717, 1.165) is 12.8 Å². The number of nitrogens with two attached hydrogens (primary N) is 1. The van der Waals surface area contributed by atoms with Crippen LogP contribution in [-0.4, -0.2) is 13.1 Å². The topological polar surface area (TPSA) is 52.3 Å². The van der Waals surface area contributed by atoms with Crippen LogP contribution in [0.5, 0.6) is 0 Å². The first-order valence-corrected chi connectivity index (χ1v) is 8.62. The quantitative estimate of drug-likeness (QED) is 0.634. The van der Waals surface area contributed by atoms with E-state index in [0.29, 0.717) is 12.3 Å². The molecule has 3 nitrogen and oxygen atoms in total. The Morgan fingerprint density at radius 2 is 1.82 bits per heavy atom. The number of hydrogen-bond donors (Lipinski definition) is 1. The monoisotopic (exact) mass is 303 g/mol. The van der Waals surface area contributed by atoms with Gasteiger partial charge in [0.1, 0.15) is 0 Å². The van der Waals surface area contributed by atoms with Gasteiger partial charge in [-0.2, -0.15) is 0 Å². The highest BCUT2D eigenvalue weighted by Gasteiger charge is 2.20. The van der Waals surface area contributed by atoms with Crippen molar-refractivity contribution in [2.45, 2.75) is 63.8 Å². The molecule has 1 atom stereocenters. The van der Waals surface area contributed by atoms with E-state index in [1.54, 1.807) is 0 Å². The molecule has 1 unspecified atom stereocenters. The number of methoxy groups -OCH3 is 1. The molecule has 1 saturated carbocycles. The minimum atomic E-state index is -0.132. The molecule has 0 bridgehead atoms. The third-order valence-corrected chi connectivity index (χ3v) is 4.85. The summed E-state index contributed by atoms with van der Waals surface area (Å²) in [7, 11) is 1.44. The molecule has 22 heavy (non-hydrogen) atoms. The van der Waals surface area contributed by atoms with Crippen molar-refractivity contribution in [1.82, 2.24) is 0 Å². The van der Waals surface area contributed by atoms with E-state index in [2.05, 4.69) is 29.0 Å². The maximum Gasteiger partial charge on any atom is 0.305 e. The maximum atomic E-state index is 11.1. The summed E-state index contributed by atoms with van der Waals surface area (Å²) in [6, 6.07) is 8.82.